The summed E-state index contributed by atoms with van der Waals surface area (Å²) in [5.41, 5.74) is 3.69. The normalized spacial score (nSPS) is 17.2. The molecule has 0 aliphatic carbocycles. The van der Waals surface area contributed by atoms with Crippen molar-refractivity contribution in [1.29, 1.82) is 0 Å². The van der Waals surface area contributed by atoms with Gasteiger partial charge in [-0.3, -0.25) is 9.48 Å². The highest BCUT2D eigenvalue weighted by molar-refractivity contribution is 5.98. The first kappa shape index (κ1) is 16.7. The molecule has 26 heavy (non-hydrogen) atoms. The van der Waals surface area contributed by atoms with E-state index < -0.39 is 0 Å². The molecule has 3 heterocycles. The fourth-order valence-electron chi connectivity index (χ4n) is 3.91. The van der Waals surface area contributed by atoms with Gasteiger partial charge < -0.3 is 14.6 Å². The Hall–Kier alpha value is -2.76. The quantitative estimate of drug-likeness (QED) is 0.780. The van der Waals surface area contributed by atoms with Crippen LogP contribution < -0.4 is 4.74 Å². The molecule has 0 spiro atoms. The lowest BCUT2D eigenvalue weighted by molar-refractivity contribution is 0.0730. The number of carbonyl (C=O) groups excluding carboxylic acids is 1. The van der Waals surface area contributed by atoms with Gasteiger partial charge in [0.2, 0.25) is 0 Å². The van der Waals surface area contributed by atoms with Crippen molar-refractivity contribution in [2.75, 3.05) is 13.2 Å². The molecule has 4 rings (SSSR count). The summed E-state index contributed by atoms with van der Waals surface area (Å²) in [4.78, 5) is 18.4. The zero-order valence-corrected chi connectivity index (χ0v) is 15.5. The smallest absolute Gasteiger partial charge is 0.270 e. The van der Waals surface area contributed by atoms with Crippen molar-refractivity contribution in [1.82, 2.24) is 19.7 Å². The number of ether oxygens (including phenoxy) is 1. The number of H-pyrrole nitrogens is 1. The van der Waals surface area contributed by atoms with Crippen LogP contribution in [0.1, 0.15) is 47.6 Å². The van der Waals surface area contributed by atoms with Crippen LogP contribution in [0.5, 0.6) is 5.75 Å². The highest BCUT2D eigenvalue weighted by Gasteiger charge is 2.33. The Morgan fingerprint density at radius 3 is 2.96 bits per heavy atom. The first-order valence-corrected chi connectivity index (χ1v) is 9.13. The van der Waals surface area contributed by atoms with Gasteiger partial charge in [0.15, 0.2) is 0 Å². The number of aromatic amines is 1. The van der Waals surface area contributed by atoms with Crippen LogP contribution in [-0.2, 0) is 7.05 Å². The molecule has 6 nitrogen and oxygen atoms in total. The van der Waals surface area contributed by atoms with E-state index in [0.29, 0.717) is 12.3 Å². The number of benzene rings is 1. The maximum atomic E-state index is 13.2. The van der Waals surface area contributed by atoms with E-state index in [9.17, 15) is 4.79 Å². The zero-order valence-electron chi connectivity index (χ0n) is 15.5. The fraction of sp³-hybridized carbons (Fsp3) is 0.400. The summed E-state index contributed by atoms with van der Waals surface area (Å²) in [6, 6.07) is 7.90. The van der Waals surface area contributed by atoms with Crippen molar-refractivity contribution in [3.63, 3.8) is 0 Å². The van der Waals surface area contributed by atoms with Crippen molar-refractivity contribution < 1.29 is 9.53 Å². The molecule has 136 valence electrons. The summed E-state index contributed by atoms with van der Waals surface area (Å²) in [7, 11) is 1.92. The average molecular weight is 352 g/mol. The van der Waals surface area contributed by atoms with Crippen LogP contribution in [0.2, 0.25) is 0 Å². The molecule has 1 atom stereocenters. The third kappa shape index (κ3) is 2.85. The number of hydrogen-bond acceptors (Lipinski definition) is 3. The van der Waals surface area contributed by atoms with Gasteiger partial charge in [-0.2, -0.15) is 5.10 Å². The molecule has 2 aromatic heterocycles. The standard InChI is InChI=1S/C20H24N4O2/c1-4-26-15-8-7-14-10-18(21-17(14)11-15)20(25)24-9-5-6-19(24)16-12-23(3)22-13(16)2/h7-8,10-12,19,21H,4-6,9H2,1-3H3. The van der Waals surface area contributed by atoms with Crippen LogP contribution in [0.25, 0.3) is 10.9 Å². The molecule has 0 radical (unpaired) electrons. The molecule has 1 saturated heterocycles. The molecule has 1 fully saturated rings. The third-order valence-electron chi connectivity index (χ3n) is 5.06. The van der Waals surface area contributed by atoms with E-state index in [1.807, 2.05) is 60.9 Å². The van der Waals surface area contributed by atoms with E-state index in [4.69, 9.17) is 4.74 Å². The number of nitrogens with one attached hydrogen (secondary N) is 1. The average Bonchev–Trinajstić information content (AvgIpc) is 3.31. The zero-order chi connectivity index (χ0) is 18.3. The Bertz CT molecular complexity index is 956. The molecule has 1 aliphatic heterocycles. The van der Waals surface area contributed by atoms with Gasteiger partial charge in [0.25, 0.3) is 5.91 Å². The fourth-order valence-corrected chi connectivity index (χ4v) is 3.91. The number of aromatic nitrogens is 3. The Kier molecular flexibility index (Phi) is 4.18. The van der Waals surface area contributed by atoms with Crippen LogP contribution in [-0.4, -0.2) is 38.7 Å². The third-order valence-corrected chi connectivity index (χ3v) is 5.06. The molecule has 3 aromatic rings. The summed E-state index contributed by atoms with van der Waals surface area (Å²) in [5.74, 6) is 0.857. The Balaban J connectivity index is 1.64. The molecular formula is C20H24N4O2. The predicted molar refractivity (Wildman–Crippen MR) is 100 cm³/mol. The monoisotopic (exact) mass is 352 g/mol. The Morgan fingerprint density at radius 1 is 1.38 bits per heavy atom. The number of rotatable bonds is 4. The highest BCUT2D eigenvalue weighted by atomic mass is 16.5. The van der Waals surface area contributed by atoms with Crippen LogP contribution >= 0.6 is 0 Å². The Labute approximate surface area is 152 Å². The van der Waals surface area contributed by atoms with E-state index in [1.54, 1.807) is 0 Å². The summed E-state index contributed by atoms with van der Waals surface area (Å²) in [6.07, 6.45) is 4.03. The number of likely N-dealkylation sites (tertiary alicyclic amines) is 1. The summed E-state index contributed by atoms with van der Waals surface area (Å²) in [5, 5.41) is 5.46. The largest absolute Gasteiger partial charge is 0.494 e. The lowest BCUT2D eigenvalue weighted by Crippen LogP contribution is -2.31. The number of aryl methyl sites for hydroxylation is 2. The molecule has 1 aliphatic rings. The molecular weight excluding hydrogens is 328 g/mol. The van der Waals surface area contributed by atoms with Gasteiger partial charge in [-0.25, -0.2) is 0 Å². The number of carbonyl (C=O) groups is 1. The van der Waals surface area contributed by atoms with Crippen molar-refractivity contribution in [2.45, 2.75) is 32.7 Å². The van der Waals surface area contributed by atoms with Gasteiger partial charge >= 0.3 is 0 Å². The second kappa shape index (κ2) is 6.52. The SMILES string of the molecule is CCOc1ccc2cc(C(=O)N3CCCC3c3cn(C)nc3C)[nH]c2c1. The summed E-state index contributed by atoms with van der Waals surface area (Å²) < 4.78 is 7.37. The molecule has 1 aromatic carbocycles. The summed E-state index contributed by atoms with van der Waals surface area (Å²) >= 11 is 0. The first-order chi connectivity index (χ1) is 12.6. The number of fused-ring (bicyclic) bond motifs is 1. The topological polar surface area (TPSA) is 63.1 Å². The molecule has 6 heteroatoms. The van der Waals surface area contributed by atoms with Crippen LogP contribution in [0.3, 0.4) is 0 Å². The molecule has 1 amide bonds. The molecule has 1 N–H and O–H groups in total. The van der Waals surface area contributed by atoms with Crippen molar-refractivity contribution in [2.24, 2.45) is 7.05 Å². The van der Waals surface area contributed by atoms with Crippen molar-refractivity contribution in [3.05, 3.63) is 47.4 Å². The van der Waals surface area contributed by atoms with Crippen molar-refractivity contribution >= 4 is 16.8 Å². The number of amides is 1. The van der Waals surface area contributed by atoms with E-state index in [1.165, 1.54) is 0 Å². The Morgan fingerprint density at radius 2 is 2.23 bits per heavy atom. The highest BCUT2D eigenvalue weighted by Crippen LogP contribution is 2.34. The van der Waals surface area contributed by atoms with Gasteiger partial charge in [-0.1, -0.05) is 0 Å². The van der Waals surface area contributed by atoms with Gasteiger partial charge in [-0.05, 0) is 44.9 Å². The molecule has 0 saturated carbocycles. The lowest BCUT2D eigenvalue weighted by Gasteiger charge is -2.24. The van der Waals surface area contributed by atoms with Crippen LogP contribution in [0.4, 0.5) is 0 Å². The minimum atomic E-state index is 0.0462. The lowest BCUT2D eigenvalue weighted by atomic mass is 10.1. The predicted octanol–water partition coefficient (Wildman–Crippen LogP) is 3.59. The van der Waals surface area contributed by atoms with Crippen LogP contribution in [0.15, 0.2) is 30.5 Å². The second-order valence-corrected chi connectivity index (χ2v) is 6.87. The number of nitrogens with zero attached hydrogens (tertiary/aromatic N) is 3. The molecule has 1 unspecified atom stereocenters. The minimum absolute atomic E-state index is 0.0462. The van der Waals surface area contributed by atoms with Crippen LogP contribution in [0, 0.1) is 6.92 Å². The van der Waals surface area contributed by atoms with E-state index in [0.717, 1.165) is 47.3 Å². The van der Waals surface area contributed by atoms with Gasteiger partial charge in [0, 0.05) is 42.3 Å². The minimum Gasteiger partial charge on any atom is -0.494 e. The maximum Gasteiger partial charge on any atom is 0.270 e. The summed E-state index contributed by atoms with van der Waals surface area (Å²) in [6.45, 7) is 5.37. The molecule has 0 bridgehead atoms. The van der Waals surface area contributed by atoms with E-state index in [2.05, 4.69) is 10.1 Å². The van der Waals surface area contributed by atoms with Gasteiger partial charge in [0.05, 0.1) is 18.3 Å². The van der Waals surface area contributed by atoms with Gasteiger partial charge in [-0.15, -0.1) is 0 Å². The first-order valence-electron chi connectivity index (χ1n) is 9.13. The van der Waals surface area contributed by atoms with E-state index >= 15 is 0 Å². The van der Waals surface area contributed by atoms with Crippen molar-refractivity contribution in [3.8, 4) is 5.75 Å². The number of hydrogen-bond donors (Lipinski definition) is 1. The second-order valence-electron chi connectivity index (χ2n) is 6.87. The maximum absolute atomic E-state index is 13.2. The van der Waals surface area contributed by atoms with E-state index in [-0.39, 0.29) is 11.9 Å². The van der Waals surface area contributed by atoms with Gasteiger partial charge in [0.1, 0.15) is 11.4 Å².